The number of anilines is 2. The highest BCUT2D eigenvalue weighted by Gasteiger charge is 2.44. The molecule has 0 spiro atoms. The normalized spacial score (nSPS) is 21.9. The molecule has 2 aromatic rings. The summed E-state index contributed by atoms with van der Waals surface area (Å²) in [4.78, 5) is 21.1. The van der Waals surface area contributed by atoms with E-state index in [-0.39, 0.29) is 53.1 Å². The van der Waals surface area contributed by atoms with Crippen LogP contribution < -0.4 is 10.1 Å². The Labute approximate surface area is 190 Å². The second-order valence-electron chi connectivity index (χ2n) is 8.35. The average molecular weight is 458 g/mol. The molecule has 3 heterocycles. The van der Waals surface area contributed by atoms with E-state index in [9.17, 15) is 9.18 Å². The van der Waals surface area contributed by atoms with Crippen LogP contribution in [0.1, 0.15) is 13.8 Å². The topological polar surface area (TPSA) is 77.3 Å². The molecule has 2 bridgehead atoms. The fourth-order valence-electron chi connectivity index (χ4n) is 4.07. The first-order valence-electron chi connectivity index (χ1n) is 10.6. The van der Waals surface area contributed by atoms with Gasteiger partial charge in [0, 0.05) is 37.2 Å². The molecule has 0 aliphatic carbocycles. The van der Waals surface area contributed by atoms with E-state index < -0.39 is 11.6 Å². The lowest BCUT2D eigenvalue weighted by molar-refractivity contribution is -0.110. The van der Waals surface area contributed by atoms with Crippen molar-refractivity contribution >= 4 is 23.3 Å². The number of ether oxygens (including phenoxy) is 3. The Bertz CT molecular complexity index is 1060. The number of pyridine rings is 1. The highest BCUT2D eigenvalue weighted by molar-refractivity contribution is 5.68. The van der Waals surface area contributed by atoms with E-state index in [0.717, 1.165) is 6.07 Å². The summed E-state index contributed by atoms with van der Waals surface area (Å²) in [5.41, 5.74) is 0.133. The standard InChI is InChI=1S/C23H24F2N4O4/c1-13(2)32-23(30)29-9-14-11-31-12-15(10-29)21(14)33-19-6-7-27-22(20(19)25)28-18-5-4-16(26-3)8-17(18)24/h4-8,13-15,21H,9-12H2,1-2H3,(H,27,28). The van der Waals surface area contributed by atoms with Gasteiger partial charge in [-0.3, -0.25) is 0 Å². The van der Waals surface area contributed by atoms with Crippen molar-refractivity contribution in [3.63, 3.8) is 0 Å². The maximum absolute atomic E-state index is 15.2. The summed E-state index contributed by atoms with van der Waals surface area (Å²) in [6, 6.07) is 5.25. The zero-order valence-corrected chi connectivity index (χ0v) is 18.3. The summed E-state index contributed by atoms with van der Waals surface area (Å²) in [6.45, 7) is 12.0. The number of amides is 1. The van der Waals surface area contributed by atoms with Crippen molar-refractivity contribution in [3.05, 3.63) is 53.5 Å². The molecule has 2 aliphatic heterocycles. The SMILES string of the molecule is [C-]#[N+]c1ccc(Nc2nccc(OC3C4COCC3CN(C(=O)OC(C)C)C4)c2F)c(F)c1. The maximum atomic E-state index is 15.2. The molecule has 4 rings (SSSR count). The number of halogens is 2. The molecule has 8 nitrogen and oxygen atoms in total. The third-order valence-electron chi connectivity index (χ3n) is 5.55. The molecule has 1 amide bonds. The molecule has 2 fully saturated rings. The van der Waals surface area contributed by atoms with Crippen LogP contribution in [0, 0.1) is 30.0 Å². The fraction of sp³-hybridized carbons (Fsp3) is 0.435. The predicted molar refractivity (Wildman–Crippen MR) is 116 cm³/mol. The van der Waals surface area contributed by atoms with Crippen molar-refractivity contribution in [2.24, 2.45) is 11.8 Å². The molecule has 2 saturated heterocycles. The fourth-order valence-corrected chi connectivity index (χ4v) is 4.07. The van der Waals surface area contributed by atoms with Gasteiger partial charge in [-0.25, -0.2) is 19.0 Å². The van der Waals surface area contributed by atoms with Crippen molar-refractivity contribution in [2.75, 3.05) is 31.6 Å². The smallest absolute Gasteiger partial charge is 0.410 e. The Balaban J connectivity index is 1.49. The van der Waals surface area contributed by atoms with Gasteiger partial charge >= 0.3 is 6.09 Å². The highest BCUT2D eigenvalue weighted by atomic mass is 19.1. The number of carbonyl (C=O) groups excluding carboxylic acids is 1. The molecule has 0 radical (unpaired) electrons. The molecule has 2 atom stereocenters. The van der Waals surface area contributed by atoms with Crippen molar-refractivity contribution in [2.45, 2.75) is 26.1 Å². The van der Waals surface area contributed by atoms with Crippen molar-refractivity contribution in [1.29, 1.82) is 0 Å². The van der Waals surface area contributed by atoms with Crippen LogP contribution in [0.3, 0.4) is 0 Å². The summed E-state index contributed by atoms with van der Waals surface area (Å²) >= 11 is 0. The lowest BCUT2D eigenvalue weighted by Gasteiger charge is -2.46. The number of nitrogens with zero attached hydrogens (tertiary/aromatic N) is 3. The van der Waals surface area contributed by atoms with Gasteiger partial charge in [0.25, 0.3) is 0 Å². The van der Waals surface area contributed by atoms with Crippen molar-refractivity contribution in [3.8, 4) is 5.75 Å². The van der Waals surface area contributed by atoms with Crippen LogP contribution >= 0.6 is 0 Å². The number of likely N-dealkylation sites (tertiary alicyclic amines) is 1. The summed E-state index contributed by atoms with van der Waals surface area (Å²) in [7, 11) is 0. The molecular weight excluding hydrogens is 434 g/mol. The van der Waals surface area contributed by atoms with E-state index >= 15 is 4.39 Å². The first kappa shape index (κ1) is 22.7. The van der Waals surface area contributed by atoms with Crippen LogP contribution in [0.25, 0.3) is 4.85 Å². The van der Waals surface area contributed by atoms with Gasteiger partial charge in [-0.15, -0.1) is 0 Å². The molecule has 174 valence electrons. The van der Waals surface area contributed by atoms with Gasteiger partial charge in [-0.1, -0.05) is 6.07 Å². The van der Waals surface area contributed by atoms with Crippen LogP contribution in [0.5, 0.6) is 5.75 Å². The van der Waals surface area contributed by atoms with E-state index in [1.165, 1.54) is 24.4 Å². The molecule has 2 unspecified atom stereocenters. The van der Waals surface area contributed by atoms with Gasteiger partial charge in [0.05, 0.1) is 31.6 Å². The Hall–Kier alpha value is -3.45. The van der Waals surface area contributed by atoms with Gasteiger partial charge in [0.2, 0.25) is 5.82 Å². The zero-order chi connectivity index (χ0) is 23.5. The quantitative estimate of drug-likeness (QED) is 0.664. The minimum absolute atomic E-state index is 0.00630. The Morgan fingerprint density at radius 1 is 1.27 bits per heavy atom. The number of benzene rings is 1. The summed E-state index contributed by atoms with van der Waals surface area (Å²) < 4.78 is 46.4. The number of fused-ring (bicyclic) bond motifs is 2. The van der Waals surface area contributed by atoms with Crippen LogP contribution in [-0.4, -0.2) is 54.5 Å². The first-order valence-corrected chi connectivity index (χ1v) is 10.6. The Morgan fingerprint density at radius 2 is 2.00 bits per heavy atom. The number of rotatable bonds is 5. The van der Waals surface area contributed by atoms with Gasteiger partial charge in [-0.05, 0) is 26.0 Å². The van der Waals surface area contributed by atoms with Crippen molar-refractivity contribution < 1.29 is 27.8 Å². The number of carbonyl (C=O) groups is 1. The lowest BCUT2D eigenvalue weighted by Crippen LogP contribution is -2.58. The molecular formula is C23H24F2N4O4. The first-order chi connectivity index (χ1) is 15.9. The van der Waals surface area contributed by atoms with Crippen molar-refractivity contribution in [1.82, 2.24) is 9.88 Å². The molecule has 2 aliphatic rings. The maximum Gasteiger partial charge on any atom is 0.410 e. The lowest BCUT2D eigenvalue weighted by atomic mass is 9.84. The molecule has 1 aromatic heterocycles. The van der Waals surface area contributed by atoms with Crippen LogP contribution in [-0.2, 0) is 9.47 Å². The van der Waals surface area contributed by atoms with E-state index in [0.29, 0.717) is 26.3 Å². The average Bonchev–Trinajstić information content (AvgIpc) is 2.76. The molecule has 1 aromatic carbocycles. The highest BCUT2D eigenvalue weighted by Crippen LogP contribution is 2.34. The van der Waals surface area contributed by atoms with Gasteiger partial charge in [-0.2, -0.15) is 4.39 Å². The van der Waals surface area contributed by atoms with Gasteiger partial charge in [0.15, 0.2) is 17.3 Å². The van der Waals surface area contributed by atoms with Gasteiger partial charge in [0.1, 0.15) is 11.9 Å². The third kappa shape index (κ3) is 4.98. The third-order valence-corrected chi connectivity index (χ3v) is 5.55. The van der Waals surface area contributed by atoms with Crippen LogP contribution in [0.4, 0.5) is 30.8 Å². The van der Waals surface area contributed by atoms with Crippen LogP contribution in [0.15, 0.2) is 30.5 Å². The number of hydrogen-bond acceptors (Lipinski definition) is 6. The molecule has 0 saturated carbocycles. The summed E-state index contributed by atoms with van der Waals surface area (Å²) in [6.07, 6.45) is 0.407. The minimum Gasteiger partial charge on any atom is -0.486 e. The number of hydrogen-bond donors (Lipinski definition) is 1. The summed E-state index contributed by atoms with van der Waals surface area (Å²) in [5, 5.41) is 2.62. The Morgan fingerprint density at radius 3 is 2.64 bits per heavy atom. The van der Waals surface area contributed by atoms with E-state index in [1.807, 2.05) is 0 Å². The monoisotopic (exact) mass is 458 g/mol. The number of aromatic nitrogens is 1. The molecule has 10 heteroatoms. The van der Waals surface area contributed by atoms with Crippen LogP contribution in [0.2, 0.25) is 0 Å². The second-order valence-corrected chi connectivity index (χ2v) is 8.35. The van der Waals surface area contributed by atoms with E-state index in [4.69, 9.17) is 20.8 Å². The van der Waals surface area contributed by atoms with E-state index in [2.05, 4.69) is 15.1 Å². The summed E-state index contributed by atoms with van der Waals surface area (Å²) in [5.74, 6) is -1.97. The largest absolute Gasteiger partial charge is 0.486 e. The number of nitrogens with one attached hydrogen (secondary N) is 1. The minimum atomic E-state index is -0.758. The Kier molecular flexibility index (Phi) is 6.60. The second kappa shape index (κ2) is 9.58. The zero-order valence-electron chi connectivity index (χ0n) is 18.3. The molecule has 1 N–H and O–H groups in total. The molecule has 33 heavy (non-hydrogen) atoms. The van der Waals surface area contributed by atoms with E-state index in [1.54, 1.807) is 18.7 Å². The number of piperidine rings is 1. The van der Waals surface area contributed by atoms with Gasteiger partial charge < -0.3 is 24.4 Å². The predicted octanol–water partition coefficient (Wildman–Crippen LogP) is 4.52.